The van der Waals surface area contributed by atoms with Crippen LogP contribution in [0.3, 0.4) is 0 Å². The van der Waals surface area contributed by atoms with Gasteiger partial charge >= 0.3 is 0 Å². The Morgan fingerprint density at radius 3 is 1.49 bits per heavy atom. The Morgan fingerprint density at radius 2 is 0.824 bits per heavy atom. The molecule has 0 heteroatoms. The van der Waals surface area contributed by atoms with Gasteiger partial charge in [0.15, 0.2) is 0 Å². The molecule has 234 valence electrons. The van der Waals surface area contributed by atoms with Crippen LogP contribution in [0.4, 0.5) is 0 Å². The van der Waals surface area contributed by atoms with Crippen molar-refractivity contribution in [2.75, 3.05) is 0 Å². The zero-order valence-electron chi connectivity index (χ0n) is 28.1. The van der Waals surface area contributed by atoms with Crippen molar-refractivity contribution in [2.24, 2.45) is 0 Å². The largest absolute Gasteiger partial charge is 0.0622 e. The van der Waals surface area contributed by atoms with Crippen molar-refractivity contribution in [3.8, 4) is 55.6 Å². The summed E-state index contributed by atoms with van der Waals surface area (Å²) in [6.07, 6.45) is 4.54. The highest BCUT2D eigenvalue weighted by Crippen LogP contribution is 2.60. The van der Waals surface area contributed by atoms with Crippen LogP contribution in [0.15, 0.2) is 152 Å². The van der Waals surface area contributed by atoms with E-state index in [9.17, 15) is 0 Å². The van der Waals surface area contributed by atoms with E-state index in [1.807, 2.05) is 0 Å². The minimum absolute atomic E-state index is 1.23. The highest BCUT2D eigenvalue weighted by Gasteiger charge is 2.33. The van der Waals surface area contributed by atoms with Crippen molar-refractivity contribution >= 4 is 66.0 Å². The van der Waals surface area contributed by atoms with Gasteiger partial charge in [-0.15, -0.1) is 0 Å². The molecule has 0 fully saturated rings. The van der Waals surface area contributed by atoms with Gasteiger partial charge in [0.1, 0.15) is 0 Å². The number of hydrogen-bond donors (Lipinski definition) is 0. The van der Waals surface area contributed by atoms with Crippen molar-refractivity contribution in [1.29, 1.82) is 0 Å². The number of benzene rings is 10. The van der Waals surface area contributed by atoms with E-state index >= 15 is 0 Å². The highest BCUT2D eigenvalue weighted by atomic mass is 14.3. The molecule has 0 aromatic heterocycles. The third-order valence-electron chi connectivity index (χ3n) is 11.8. The molecule has 0 radical (unpaired) electrons. The van der Waals surface area contributed by atoms with Crippen LogP contribution in [0.5, 0.6) is 0 Å². The highest BCUT2D eigenvalue weighted by molar-refractivity contribution is 6.40. The summed E-state index contributed by atoms with van der Waals surface area (Å²) in [6, 6.07) is 57.2. The fraction of sp³-hybridized carbons (Fsp3) is 0.0196. The van der Waals surface area contributed by atoms with Gasteiger partial charge in [-0.1, -0.05) is 169 Å². The molecule has 2 aliphatic rings. The van der Waals surface area contributed by atoms with Crippen LogP contribution in [0.2, 0.25) is 0 Å². The summed E-state index contributed by atoms with van der Waals surface area (Å²) in [4.78, 5) is 0. The topological polar surface area (TPSA) is 0 Å². The molecule has 0 nitrogen and oxygen atoms in total. The molecule has 0 heterocycles. The maximum atomic E-state index is 2.44. The van der Waals surface area contributed by atoms with Crippen molar-refractivity contribution in [2.45, 2.75) is 6.92 Å². The molecule has 12 rings (SSSR count). The van der Waals surface area contributed by atoms with Crippen LogP contribution in [-0.2, 0) is 0 Å². The van der Waals surface area contributed by atoms with E-state index in [0.29, 0.717) is 0 Å². The van der Waals surface area contributed by atoms with Crippen LogP contribution in [0.1, 0.15) is 16.7 Å². The van der Waals surface area contributed by atoms with Crippen LogP contribution >= 0.6 is 0 Å². The Bertz CT molecular complexity index is 3110. The van der Waals surface area contributed by atoms with Gasteiger partial charge in [-0.3, -0.25) is 0 Å². The summed E-state index contributed by atoms with van der Waals surface area (Å²) < 4.78 is 0. The summed E-state index contributed by atoms with van der Waals surface area (Å²) in [7, 11) is 0. The summed E-state index contributed by atoms with van der Waals surface area (Å²) >= 11 is 0. The molecule has 0 saturated heterocycles. The molecule has 0 N–H and O–H groups in total. The molecule has 10 aromatic carbocycles. The Hall–Kier alpha value is -6.50. The average Bonchev–Trinajstić information content (AvgIpc) is 3.76. The standard InChI is InChI=1S/C51H30/c1-29-10-9-13-33(28-29)45-36-16-7-8-17-37(36)48(35-15-6-5-14-34(35)30-11-3-2-4-12-30)51-43-27-25-41-39-23-21-32-19-18-31-20-22-38(46(39)44(31)32)40-24-26-42(50(45)51)49(43)47(40)41/h2-28H,1H3. The van der Waals surface area contributed by atoms with E-state index in [0.717, 1.165) is 0 Å². The van der Waals surface area contributed by atoms with E-state index in [4.69, 9.17) is 0 Å². The molecular weight excluding hydrogens is 613 g/mol. The monoisotopic (exact) mass is 642 g/mol. The first-order valence-corrected chi connectivity index (χ1v) is 17.9. The molecule has 0 bridgehead atoms. The van der Waals surface area contributed by atoms with E-state index in [-0.39, 0.29) is 0 Å². The second-order valence-electron chi connectivity index (χ2n) is 14.4. The Morgan fingerprint density at radius 1 is 0.294 bits per heavy atom. The van der Waals surface area contributed by atoms with Crippen molar-refractivity contribution in [1.82, 2.24) is 0 Å². The van der Waals surface area contributed by atoms with Gasteiger partial charge in [0.25, 0.3) is 0 Å². The van der Waals surface area contributed by atoms with E-state index in [2.05, 4.69) is 171 Å². The summed E-state index contributed by atoms with van der Waals surface area (Å²) in [5.74, 6) is 0. The lowest BCUT2D eigenvalue weighted by molar-refractivity contribution is 1.47. The fourth-order valence-electron chi connectivity index (χ4n) is 9.74. The smallest absolute Gasteiger partial charge is 0.000718 e. The molecule has 51 heavy (non-hydrogen) atoms. The Labute approximate surface area is 295 Å². The van der Waals surface area contributed by atoms with Crippen LogP contribution < -0.4 is 0 Å². The second kappa shape index (κ2) is 9.81. The zero-order valence-corrected chi connectivity index (χ0v) is 28.1. The fourth-order valence-corrected chi connectivity index (χ4v) is 9.74. The number of aryl methyl sites for hydroxylation is 1. The lowest BCUT2D eigenvalue weighted by Gasteiger charge is -2.22. The predicted octanol–water partition coefficient (Wildman–Crippen LogP) is 14.3. The summed E-state index contributed by atoms with van der Waals surface area (Å²) in [5.41, 5.74) is 16.9. The first-order valence-electron chi connectivity index (χ1n) is 17.9. The number of rotatable bonds is 3. The molecule has 0 saturated carbocycles. The third-order valence-corrected chi connectivity index (χ3v) is 11.8. The minimum atomic E-state index is 1.23. The number of hydrogen-bond acceptors (Lipinski definition) is 0. The van der Waals surface area contributed by atoms with Gasteiger partial charge in [0, 0.05) is 0 Å². The van der Waals surface area contributed by atoms with Crippen LogP contribution in [-0.4, -0.2) is 0 Å². The van der Waals surface area contributed by atoms with Gasteiger partial charge in [-0.2, -0.15) is 0 Å². The molecule has 0 amide bonds. The maximum absolute atomic E-state index is 2.44. The van der Waals surface area contributed by atoms with E-state index in [1.165, 1.54) is 126 Å². The third kappa shape index (κ3) is 3.49. The molecular formula is C51H30. The van der Waals surface area contributed by atoms with Crippen molar-refractivity contribution in [3.63, 3.8) is 0 Å². The predicted molar refractivity (Wildman–Crippen MR) is 220 cm³/mol. The summed E-state index contributed by atoms with van der Waals surface area (Å²) in [5, 5.41) is 13.5. The second-order valence-corrected chi connectivity index (χ2v) is 14.4. The minimum Gasteiger partial charge on any atom is -0.0622 e. The van der Waals surface area contributed by atoms with Gasteiger partial charge in [-0.25, -0.2) is 0 Å². The summed E-state index contributed by atoms with van der Waals surface area (Å²) in [6.45, 7) is 2.21. The van der Waals surface area contributed by atoms with E-state index in [1.54, 1.807) is 0 Å². The zero-order chi connectivity index (χ0) is 33.4. The van der Waals surface area contributed by atoms with Gasteiger partial charge in [0.05, 0.1) is 0 Å². The molecule has 0 spiro atoms. The van der Waals surface area contributed by atoms with E-state index < -0.39 is 0 Å². The Balaban J connectivity index is 1.30. The van der Waals surface area contributed by atoms with Gasteiger partial charge in [0.2, 0.25) is 0 Å². The molecule has 0 atom stereocenters. The first kappa shape index (κ1) is 27.3. The van der Waals surface area contributed by atoms with Gasteiger partial charge in [-0.05, 0) is 128 Å². The quantitative estimate of drug-likeness (QED) is 0.133. The Kier molecular flexibility index (Phi) is 5.26. The SMILES string of the molecule is Cc1cccc(-c2c3c(c(-c4ccccc4-c4ccccc4)c4ccccc24)-c2ccc4c5ccc6c7c(ccc(c8ccc-3c2c84)c75)C=C6)c1. The lowest BCUT2D eigenvalue weighted by atomic mass is 9.81. The van der Waals surface area contributed by atoms with Crippen LogP contribution in [0.25, 0.3) is 122 Å². The van der Waals surface area contributed by atoms with Crippen LogP contribution in [0, 0.1) is 6.92 Å². The lowest BCUT2D eigenvalue weighted by Crippen LogP contribution is -1.95. The van der Waals surface area contributed by atoms with Crippen molar-refractivity contribution in [3.05, 3.63) is 168 Å². The molecule has 2 aliphatic carbocycles. The first-order chi connectivity index (χ1) is 25.2. The molecule has 10 aromatic rings. The molecule has 0 unspecified atom stereocenters. The maximum Gasteiger partial charge on any atom is -0.000718 e. The molecule has 0 aliphatic heterocycles. The van der Waals surface area contributed by atoms with Gasteiger partial charge < -0.3 is 0 Å². The van der Waals surface area contributed by atoms with Crippen molar-refractivity contribution < 1.29 is 0 Å². The number of fused-ring (bicyclic) bond motifs is 6. The average molecular weight is 643 g/mol. The normalized spacial score (nSPS) is 12.7.